The minimum Gasteiger partial charge on any atom is -0.444 e. The number of aliphatic hydroxyl groups excluding tert-OH is 2. The Balaban J connectivity index is 0.000000595. The number of halogens is 1. The molecule has 0 radical (unpaired) electrons. The summed E-state index contributed by atoms with van der Waals surface area (Å²) in [5.41, 5.74) is 10.2. The Morgan fingerprint density at radius 3 is 1.33 bits per heavy atom. The van der Waals surface area contributed by atoms with Crippen LogP contribution in [-0.4, -0.2) is 96.4 Å². The van der Waals surface area contributed by atoms with Gasteiger partial charge < -0.3 is 51.3 Å². The number of rotatable bonds is 4. The fourth-order valence-electron chi connectivity index (χ4n) is 5.62. The monoisotopic (exact) mass is 668 g/mol. The fourth-order valence-corrected chi connectivity index (χ4v) is 5.62. The highest BCUT2D eigenvalue weighted by Crippen LogP contribution is 2.22. The normalized spacial score (nSPS) is 30.7. The molecule has 0 heterocycles. The highest BCUT2D eigenvalue weighted by atomic mass is 35.5. The molecule has 0 aromatic carbocycles. The number of carbonyl (C=O) groups is 2. The molecule has 12 nitrogen and oxygen atoms in total. The molecule has 4 aliphatic carbocycles. The summed E-state index contributed by atoms with van der Waals surface area (Å²) < 4.78 is 20.7. The predicted octanol–water partition coefficient (Wildman–Crippen LogP) is 4.30. The van der Waals surface area contributed by atoms with Crippen LogP contribution in [0.4, 0.5) is 9.59 Å². The zero-order chi connectivity index (χ0) is 33.5. The van der Waals surface area contributed by atoms with Crippen LogP contribution in [0.3, 0.4) is 0 Å². The van der Waals surface area contributed by atoms with E-state index >= 15 is 0 Å². The molecule has 4 rings (SSSR count). The number of methoxy groups -OCH3 is 2. The molecule has 8 N–H and O–H groups in total. The summed E-state index contributed by atoms with van der Waals surface area (Å²) in [6.45, 7) is 11.0. The van der Waals surface area contributed by atoms with Crippen LogP contribution in [0.2, 0.25) is 0 Å². The van der Waals surface area contributed by atoms with Crippen LogP contribution in [0.15, 0.2) is 0 Å². The first kappa shape index (κ1) is 43.6. The summed E-state index contributed by atoms with van der Waals surface area (Å²) in [6, 6.07) is 0.342. The first-order valence-electron chi connectivity index (χ1n) is 16.4. The number of carbonyl (C=O) groups excluding carboxylic acids is 2. The second-order valence-corrected chi connectivity index (χ2v) is 14.2. The van der Waals surface area contributed by atoms with E-state index in [9.17, 15) is 14.7 Å². The second-order valence-electron chi connectivity index (χ2n) is 14.2. The fraction of sp³-hybridized carbons (Fsp3) is 0.938. The maximum absolute atomic E-state index is 11.5. The van der Waals surface area contributed by atoms with Crippen LogP contribution in [-0.2, 0) is 18.9 Å². The van der Waals surface area contributed by atoms with Crippen molar-refractivity contribution in [2.75, 3.05) is 14.2 Å². The lowest BCUT2D eigenvalue weighted by molar-refractivity contribution is 0.0391. The lowest BCUT2D eigenvalue weighted by Crippen LogP contribution is -2.43. The summed E-state index contributed by atoms with van der Waals surface area (Å²) in [4.78, 5) is 22.8. The molecule has 45 heavy (non-hydrogen) atoms. The predicted molar refractivity (Wildman–Crippen MR) is 179 cm³/mol. The molecule has 0 saturated heterocycles. The van der Waals surface area contributed by atoms with Gasteiger partial charge in [0, 0.05) is 26.3 Å². The van der Waals surface area contributed by atoms with E-state index in [0.29, 0.717) is 12.1 Å². The van der Waals surface area contributed by atoms with Gasteiger partial charge in [0.25, 0.3) is 0 Å². The molecule has 4 aliphatic rings. The number of alkyl carbamates (subject to hydrolysis) is 2. The summed E-state index contributed by atoms with van der Waals surface area (Å²) in [5, 5.41) is 23.9. The molecule has 0 unspecified atom stereocenters. The number of nitrogens with two attached hydrogens (primary N) is 2. The average Bonchev–Trinajstić information content (AvgIpc) is 3.70. The van der Waals surface area contributed by atoms with E-state index in [1.807, 2.05) is 41.5 Å². The Kier molecular flexibility index (Phi) is 20.8. The molecule has 4 saturated carbocycles. The van der Waals surface area contributed by atoms with E-state index in [-0.39, 0.29) is 48.8 Å². The smallest absolute Gasteiger partial charge is 0.407 e. The largest absolute Gasteiger partial charge is 0.444 e. The molecule has 13 heteroatoms. The Labute approximate surface area is 277 Å². The van der Waals surface area contributed by atoms with E-state index in [1.165, 1.54) is 6.42 Å². The lowest BCUT2D eigenvalue weighted by Gasteiger charge is -2.24. The van der Waals surface area contributed by atoms with E-state index < -0.39 is 23.4 Å². The van der Waals surface area contributed by atoms with Crippen molar-refractivity contribution in [2.24, 2.45) is 11.5 Å². The van der Waals surface area contributed by atoms with E-state index in [1.54, 1.807) is 14.2 Å². The summed E-state index contributed by atoms with van der Waals surface area (Å²) >= 11 is 0. The van der Waals surface area contributed by atoms with Crippen molar-refractivity contribution >= 4 is 24.6 Å². The van der Waals surface area contributed by atoms with Gasteiger partial charge in [-0.1, -0.05) is 0 Å². The number of amides is 2. The molecule has 0 aliphatic heterocycles. The highest BCUT2D eigenvalue weighted by Gasteiger charge is 2.30. The molecule has 4 fully saturated rings. The van der Waals surface area contributed by atoms with Gasteiger partial charge in [-0.2, -0.15) is 0 Å². The van der Waals surface area contributed by atoms with Crippen molar-refractivity contribution < 1.29 is 38.7 Å². The molecule has 2 amide bonds. The standard InChI is InChI=1S/C11H21NO3.C10H19NO3.C6H13NO.C5H11NO.ClH/c1-11(2,3)15-10(13)12-8-6-5-7-9(8)14-4;1-10(2,3)14-9(13)11-7-5-4-6-8(7)12;1-8-6-4-2-3-5(6)7;6-4-2-1-3-5(4)7;/h8-9H,5-7H2,1-4H3,(H,12,13);7-8,12H,4-6H2,1-3H3,(H,11,13);5-6H,2-4,7H2,1H3;4-5,7H,1-3,6H2;1H/t8-,9-;7-,8-;5-,6-;4-,5-;/m1111./s1. The molecular weight excluding hydrogens is 604 g/mol. The van der Waals surface area contributed by atoms with Gasteiger partial charge in [0.15, 0.2) is 0 Å². The van der Waals surface area contributed by atoms with Crippen LogP contribution < -0.4 is 22.1 Å². The maximum Gasteiger partial charge on any atom is 0.407 e. The maximum atomic E-state index is 11.5. The average molecular weight is 669 g/mol. The first-order chi connectivity index (χ1) is 20.5. The van der Waals surface area contributed by atoms with Crippen LogP contribution >= 0.6 is 12.4 Å². The highest BCUT2D eigenvalue weighted by molar-refractivity contribution is 5.85. The van der Waals surface area contributed by atoms with Crippen LogP contribution in [0, 0.1) is 0 Å². The van der Waals surface area contributed by atoms with Crippen LogP contribution in [0.1, 0.15) is 119 Å². The van der Waals surface area contributed by atoms with Crippen molar-refractivity contribution in [3.63, 3.8) is 0 Å². The van der Waals surface area contributed by atoms with Gasteiger partial charge in [0.05, 0.1) is 36.5 Å². The molecular formula is C32H65ClN4O8. The SMILES string of the molecule is CC(C)(C)OC(=O)N[C@@H]1CCC[C@H]1O.CO[C@@H]1CCC[C@H]1N.CO[C@@H]1CCC[C@H]1NC(=O)OC(C)(C)C.Cl.N[C@@H]1CCC[C@H]1O. The van der Waals surface area contributed by atoms with Crippen LogP contribution in [0.25, 0.3) is 0 Å². The van der Waals surface area contributed by atoms with Crippen LogP contribution in [0.5, 0.6) is 0 Å². The van der Waals surface area contributed by atoms with Gasteiger partial charge in [-0.3, -0.25) is 0 Å². The molecule has 0 spiro atoms. The summed E-state index contributed by atoms with van der Waals surface area (Å²) in [6.07, 6.45) is 11.2. The third-order valence-electron chi connectivity index (χ3n) is 7.98. The van der Waals surface area contributed by atoms with E-state index in [4.69, 9.17) is 35.5 Å². The first-order valence-corrected chi connectivity index (χ1v) is 16.4. The van der Waals surface area contributed by atoms with E-state index in [0.717, 1.165) is 70.6 Å². The minimum absolute atomic E-state index is 0. The Morgan fingerprint density at radius 1 is 0.600 bits per heavy atom. The molecule has 8 atom stereocenters. The van der Waals surface area contributed by atoms with Crippen molar-refractivity contribution in [1.29, 1.82) is 0 Å². The van der Waals surface area contributed by atoms with Gasteiger partial charge in [0.2, 0.25) is 0 Å². The molecule has 0 bridgehead atoms. The zero-order valence-electron chi connectivity index (χ0n) is 29.0. The molecule has 0 aromatic heterocycles. The van der Waals surface area contributed by atoms with Gasteiger partial charge in [-0.05, 0) is 119 Å². The third-order valence-corrected chi connectivity index (χ3v) is 7.98. The van der Waals surface area contributed by atoms with Gasteiger partial charge in [0.1, 0.15) is 11.2 Å². The van der Waals surface area contributed by atoms with Crippen molar-refractivity contribution in [3.05, 3.63) is 0 Å². The molecule has 0 aromatic rings. The van der Waals surface area contributed by atoms with Crippen molar-refractivity contribution in [2.45, 2.75) is 178 Å². The number of aliphatic hydroxyl groups is 2. The van der Waals surface area contributed by atoms with E-state index in [2.05, 4.69) is 10.6 Å². The number of hydrogen-bond acceptors (Lipinski definition) is 10. The summed E-state index contributed by atoms with van der Waals surface area (Å²) in [7, 11) is 3.41. The molecule has 268 valence electrons. The summed E-state index contributed by atoms with van der Waals surface area (Å²) in [5.74, 6) is 0. The Morgan fingerprint density at radius 2 is 1.00 bits per heavy atom. The van der Waals surface area contributed by atoms with Crippen molar-refractivity contribution in [3.8, 4) is 0 Å². The van der Waals surface area contributed by atoms with Gasteiger partial charge in [-0.25, -0.2) is 9.59 Å². The quantitative estimate of drug-likeness (QED) is 0.252. The zero-order valence-corrected chi connectivity index (χ0v) is 29.8. The number of hydrogen-bond donors (Lipinski definition) is 6. The second kappa shape index (κ2) is 21.5. The van der Waals surface area contributed by atoms with Crippen molar-refractivity contribution in [1.82, 2.24) is 10.6 Å². The van der Waals surface area contributed by atoms with Gasteiger partial charge >= 0.3 is 12.2 Å². The third kappa shape index (κ3) is 19.1. The number of ether oxygens (including phenoxy) is 4. The Hall–Kier alpha value is -1.41. The van der Waals surface area contributed by atoms with Gasteiger partial charge in [-0.15, -0.1) is 12.4 Å². The Bertz CT molecular complexity index is 818. The number of nitrogens with one attached hydrogen (secondary N) is 2. The topological polar surface area (TPSA) is 188 Å². The lowest BCUT2D eigenvalue weighted by atomic mass is 10.2. The minimum atomic E-state index is -0.479.